The molecule has 0 unspecified atom stereocenters. The highest BCUT2D eigenvalue weighted by Crippen LogP contribution is 2.48. The molecule has 0 saturated heterocycles. The van der Waals surface area contributed by atoms with Gasteiger partial charge in [-0.2, -0.15) is 0 Å². The average molecular weight is 419 g/mol. The Morgan fingerprint density at radius 1 is 1.13 bits per heavy atom. The van der Waals surface area contributed by atoms with Crippen molar-refractivity contribution in [3.8, 4) is 0 Å². The molecule has 0 aromatic heterocycles. The molecule has 0 bridgehead atoms. The van der Waals surface area contributed by atoms with Crippen LogP contribution in [0.15, 0.2) is 29.3 Å². The monoisotopic (exact) mass is 418 g/mol. The van der Waals surface area contributed by atoms with E-state index in [4.69, 9.17) is 4.74 Å². The maximum Gasteiger partial charge on any atom is 0.407 e. The van der Waals surface area contributed by atoms with E-state index in [1.807, 2.05) is 32.9 Å². The summed E-state index contributed by atoms with van der Waals surface area (Å²) in [6, 6.07) is 7.50. The molecular weight excluding hydrogens is 383 g/mol. The Morgan fingerprint density at radius 3 is 2.27 bits per heavy atom. The van der Waals surface area contributed by atoms with Crippen LogP contribution in [-0.2, 0) is 10.2 Å². The molecule has 3 N–H and O–H groups in total. The van der Waals surface area contributed by atoms with E-state index in [0.29, 0.717) is 12.6 Å². The lowest BCUT2D eigenvalue weighted by Crippen LogP contribution is -2.49. The molecule has 166 valence electrons. The van der Waals surface area contributed by atoms with Gasteiger partial charge in [-0.1, -0.05) is 18.2 Å². The minimum Gasteiger partial charge on any atom is -0.444 e. The summed E-state index contributed by atoms with van der Waals surface area (Å²) >= 11 is 0. The number of amides is 1. The number of nitrogens with zero attached hydrogens (tertiary/aromatic N) is 1. The third-order valence-corrected chi connectivity index (χ3v) is 5.91. The number of halogens is 1. The van der Waals surface area contributed by atoms with Crippen molar-refractivity contribution in [2.75, 3.05) is 13.6 Å². The number of nitrogens with one attached hydrogen (secondary N) is 3. The van der Waals surface area contributed by atoms with Crippen molar-refractivity contribution in [1.29, 1.82) is 0 Å². The maximum atomic E-state index is 14.2. The minimum absolute atomic E-state index is 0.127. The third kappa shape index (κ3) is 6.09. The molecule has 6 nitrogen and oxygen atoms in total. The molecule has 7 heteroatoms. The molecule has 0 radical (unpaired) electrons. The van der Waals surface area contributed by atoms with Gasteiger partial charge in [0.25, 0.3) is 0 Å². The molecule has 30 heavy (non-hydrogen) atoms. The topological polar surface area (TPSA) is 74.8 Å². The summed E-state index contributed by atoms with van der Waals surface area (Å²) in [6.07, 6.45) is 5.30. The number of hydrogen-bond donors (Lipinski definition) is 3. The fourth-order valence-corrected chi connectivity index (χ4v) is 4.08. The van der Waals surface area contributed by atoms with Crippen molar-refractivity contribution in [2.24, 2.45) is 4.99 Å². The fraction of sp³-hybridized carbons (Fsp3) is 0.652. The van der Waals surface area contributed by atoms with Crippen LogP contribution >= 0.6 is 0 Å². The summed E-state index contributed by atoms with van der Waals surface area (Å²) in [5.74, 6) is 0.622. The van der Waals surface area contributed by atoms with Crippen LogP contribution in [0.25, 0.3) is 0 Å². The molecular formula is C23H35FN4O2. The van der Waals surface area contributed by atoms with E-state index in [1.54, 1.807) is 13.1 Å². The van der Waals surface area contributed by atoms with Crippen molar-refractivity contribution in [3.63, 3.8) is 0 Å². The van der Waals surface area contributed by atoms with Gasteiger partial charge in [0.2, 0.25) is 0 Å². The third-order valence-electron chi connectivity index (χ3n) is 5.91. The Hall–Kier alpha value is -2.31. The van der Waals surface area contributed by atoms with Crippen LogP contribution in [-0.4, -0.2) is 43.3 Å². The summed E-state index contributed by atoms with van der Waals surface area (Å²) < 4.78 is 19.6. The number of carbonyl (C=O) groups is 1. The van der Waals surface area contributed by atoms with Crippen LogP contribution in [0.1, 0.15) is 64.9 Å². The summed E-state index contributed by atoms with van der Waals surface area (Å²) in [5.41, 5.74) is 0.183. The smallest absolute Gasteiger partial charge is 0.407 e. The Morgan fingerprint density at radius 2 is 1.73 bits per heavy atom. The van der Waals surface area contributed by atoms with Gasteiger partial charge in [0, 0.05) is 31.1 Å². The molecule has 2 aliphatic rings. The number of hydrogen-bond acceptors (Lipinski definition) is 3. The van der Waals surface area contributed by atoms with E-state index in [0.717, 1.165) is 50.0 Å². The second kappa shape index (κ2) is 9.23. The molecule has 2 fully saturated rings. The van der Waals surface area contributed by atoms with Crippen molar-refractivity contribution >= 4 is 12.1 Å². The van der Waals surface area contributed by atoms with Crippen molar-refractivity contribution in [1.82, 2.24) is 16.0 Å². The first kappa shape index (κ1) is 22.4. The SMILES string of the molecule is CN=C(NCC1(c2ccccc2F)CC1)NC1CCC(NC(=O)OC(C)(C)C)CC1. The largest absolute Gasteiger partial charge is 0.444 e. The van der Waals surface area contributed by atoms with Crippen molar-refractivity contribution in [2.45, 2.75) is 82.4 Å². The normalized spacial score (nSPS) is 23.4. The second-order valence-electron chi connectivity index (χ2n) is 9.53. The van der Waals surface area contributed by atoms with Gasteiger partial charge in [0.05, 0.1) is 0 Å². The van der Waals surface area contributed by atoms with E-state index in [-0.39, 0.29) is 23.4 Å². The van der Waals surface area contributed by atoms with Crippen LogP contribution in [0.3, 0.4) is 0 Å². The number of alkyl carbamates (subject to hydrolysis) is 1. The first-order valence-corrected chi connectivity index (χ1v) is 10.9. The van der Waals surface area contributed by atoms with Crippen LogP contribution in [0.5, 0.6) is 0 Å². The van der Waals surface area contributed by atoms with Gasteiger partial charge in [-0.15, -0.1) is 0 Å². The van der Waals surface area contributed by atoms with Gasteiger partial charge in [0.1, 0.15) is 11.4 Å². The predicted octanol–water partition coefficient (Wildman–Crippen LogP) is 3.86. The molecule has 2 aliphatic carbocycles. The van der Waals surface area contributed by atoms with E-state index in [9.17, 15) is 9.18 Å². The summed E-state index contributed by atoms with van der Waals surface area (Å²) in [5, 5.41) is 9.85. The van der Waals surface area contributed by atoms with Crippen molar-refractivity contribution < 1.29 is 13.9 Å². The van der Waals surface area contributed by atoms with Gasteiger partial charge >= 0.3 is 6.09 Å². The van der Waals surface area contributed by atoms with Gasteiger partial charge in [-0.05, 0) is 70.9 Å². The number of guanidine groups is 1. The first-order chi connectivity index (χ1) is 14.2. The number of rotatable bonds is 5. The van der Waals surface area contributed by atoms with Gasteiger partial charge in [-0.25, -0.2) is 9.18 Å². The second-order valence-corrected chi connectivity index (χ2v) is 9.53. The highest BCUT2D eigenvalue weighted by molar-refractivity contribution is 5.80. The molecule has 0 atom stereocenters. The summed E-state index contributed by atoms with van der Waals surface area (Å²) in [6.45, 7) is 6.26. The van der Waals surface area contributed by atoms with E-state index in [1.165, 1.54) is 6.07 Å². The number of ether oxygens (including phenoxy) is 1. The lowest BCUT2D eigenvalue weighted by molar-refractivity contribution is 0.0490. The highest BCUT2D eigenvalue weighted by Gasteiger charge is 2.45. The minimum atomic E-state index is -0.484. The predicted molar refractivity (Wildman–Crippen MR) is 117 cm³/mol. The van der Waals surface area contributed by atoms with Crippen LogP contribution < -0.4 is 16.0 Å². The van der Waals surface area contributed by atoms with Gasteiger partial charge in [-0.3, -0.25) is 4.99 Å². The van der Waals surface area contributed by atoms with E-state index in [2.05, 4.69) is 20.9 Å². The maximum absolute atomic E-state index is 14.2. The molecule has 0 heterocycles. The van der Waals surface area contributed by atoms with E-state index >= 15 is 0 Å². The first-order valence-electron chi connectivity index (χ1n) is 10.9. The zero-order valence-corrected chi connectivity index (χ0v) is 18.6. The molecule has 2 saturated carbocycles. The lowest BCUT2D eigenvalue weighted by Gasteiger charge is -2.31. The number of aliphatic imine (C=N–C) groups is 1. The molecule has 1 aromatic carbocycles. The quantitative estimate of drug-likeness (QED) is 0.501. The van der Waals surface area contributed by atoms with Crippen LogP contribution in [0, 0.1) is 5.82 Å². The Balaban J connectivity index is 1.43. The summed E-state index contributed by atoms with van der Waals surface area (Å²) in [4.78, 5) is 16.3. The summed E-state index contributed by atoms with van der Waals surface area (Å²) in [7, 11) is 1.76. The Bertz CT molecular complexity index is 763. The van der Waals surface area contributed by atoms with Crippen LogP contribution in [0.4, 0.5) is 9.18 Å². The zero-order valence-electron chi connectivity index (χ0n) is 18.6. The zero-order chi connectivity index (χ0) is 21.8. The molecule has 1 amide bonds. The van der Waals surface area contributed by atoms with Crippen molar-refractivity contribution in [3.05, 3.63) is 35.6 Å². The Kier molecular flexibility index (Phi) is 6.88. The average Bonchev–Trinajstić information content (AvgIpc) is 3.46. The van der Waals surface area contributed by atoms with E-state index < -0.39 is 5.60 Å². The molecule has 3 rings (SSSR count). The molecule has 1 aromatic rings. The number of carbonyl (C=O) groups excluding carboxylic acids is 1. The lowest BCUT2D eigenvalue weighted by atomic mass is 9.91. The van der Waals surface area contributed by atoms with Crippen LogP contribution in [0.2, 0.25) is 0 Å². The molecule has 0 spiro atoms. The standard InChI is InChI=1S/C23H35FN4O2/c1-22(2,3)30-21(29)28-17-11-9-16(10-12-17)27-20(25-4)26-15-23(13-14-23)18-7-5-6-8-19(18)24/h5-8,16-17H,9-15H2,1-4H3,(H,28,29)(H2,25,26,27). The van der Waals surface area contributed by atoms with Gasteiger partial charge in [0.15, 0.2) is 5.96 Å². The fourth-order valence-electron chi connectivity index (χ4n) is 4.08. The highest BCUT2D eigenvalue weighted by atomic mass is 19.1. The Labute approximate surface area is 179 Å². The number of benzene rings is 1. The van der Waals surface area contributed by atoms with Gasteiger partial charge < -0.3 is 20.7 Å². The molecule has 0 aliphatic heterocycles.